The van der Waals surface area contributed by atoms with Crippen molar-refractivity contribution >= 4 is 5.91 Å². The van der Waals surface area contributed by atoms with Gasteiger partial charge in [-0.1, -0.05) is 18.6 Å². The van der Waals surface area contributed by atoms with Crippen LogP contribution in [0.1, 0.15) is 47.9 Å². The molecule has 1 atom stereocenters. The lowest BCUT2D eigenvalue weighted by molar-refractivity contribution is -0.131. The highest BCUT2D eigenvalue weighted by Crippen LogP contribution is 2.28. The van der Waals surface area contributed by atoms with Crippen LogP contribution >= 0.6 is 0 Å². The minimum absolute atomic E-state index is 0.145. The van der Waals surface area contributed by atoms with Crippen LogP contribution in [-0.4, -0.2) is 52.9 Å². The van der Waals surface area contributed by atoms with E-state index in [1.165, 1.54) is 12.8 Å². The zero-order valence-electron chi connectivity index (χ0n) is 16.7. The number of hydrogen-bond donors (Lipinski definition) is 0. The summed E-state index contributed by atoms with van der Waals surface area (Å²) in [4.78, 5) is 26.6. The van der Waals surface area contributed by atoms with E-state index in [9.17, 15) is 4.79 Å². The van der Waals surface area contributed by atoms with E-state index in [0.717, 1.165) is 54.3 Å². The molecule has 0 saturated carbocycles. The summed E-state index contributed by atoms with van der Waals surface area (Å²) in [7, 11) is 3.80. The van der Waals surface area contributed by atoms with Crippen LogP contribution in [0.4, 0.5) is 0 Å². The summed E-state index contributed by atoms with van der Waals surface area (Å²) >= 11 is 0. The van der Waals surface area contributed by atoms with E-state index in [0.29, 0.717) is 19.0 Å². The van der Waals surface area contributed by atoms with Gasteiger partial charge in [-0.3, -0.25) is 9.69 Å². The first-order valence-electron chi connectivity index (χ1n) is 10.1. The van der Waals surface area contributed by atoms with Gasteiger partial charge in [0.05, 0.1) is 25.3 Å². The Labute approximate surface area is 166 Å². The van der Waals surface area contributed by atoms with Gasteiger partial charge in [0.2, 0.25) is 5.91 Å². The third kappa shape index (κ3) is 4.02. The molecule has 4 rings (SSSR count). The average molecular weight is 380 g/mol. The highest BCUT2D eigenvalue weighted by molar-refractivity contribution is 5.79. The number of likely N-dealkylation sites (tertiary alicyclic amines) is 1. The molecule has 2 aliphatic rings. The van der Waals surface area contributed by atoms with E-state index in [1.807, 2.05) is 35.4 Å². The molecular formula is C22H28N4O2. The maximum atomic E-state index is 12.7. The Bertz CT molecular complexity index is 837. The Morgan fingerprint density at radius 2 is 2.04 bits per heavy atom. The van der Waals surface area contributed by atoms with E-state index < -0.39 is 0 Å². The van der Waals surface area contributed by atoms with Crippen molar-refractivity contribution in [2.75, 3.05) is 27.2 Å². The molecule has 0 N–H and O–H groups in total. The van der Waals surface area contributed by atoms with Crippen LogP contribution in [0.2, 0.25) is 0 Å². The van der Waals surface area contributed by atoms with Gasteiger partial charge in [0, 0.05) is 31.3 Å². The number of piperidine rings is 1. The number of hydrogen-bond acceptors (Lipinski definition) is 5. The van der Waals surface area contributed by atoms with Crippen LogP contribution in [0, 0.1) is 0 Å². The Hall–Kier alpha value is -2.47. The van der Waals surface area contributed by atoms with Gasteiger partial charge in [-0.25, -0.2) is 9.97 Å². The van der Waals surface area contributed by atoms with Crippen molar-refractivity contribution in [2.45, 2.75) is 44.7 Å². The van der Waals surface area contributed by atoms with E-state index in [2.05, 4.69) is 16.9 Å². The number of carbonyl (C=O) groups is 1. The van der Waals surface area contributed by atoms with Crippen LogP contribution in [0.15, 0.2) is 30.5 Å². The van der Waals surface area contributed by atoms with Gasteiger partial charge in [0.25, 0.3) is 0 Å². The second-order valence-corrected chi connectivity index (χ2v) is 7.78. The molecule has 0 spiro atoms. The number of fused-ring (bicyclic) bond motifs is 1. The number of methoxy groups -OCH3 is 1. The minimum Gasteiger partial charge on any atom is -0.497 e. The van der Waals surface area contributed by atoms with Crippen LogP contribution < -0.4 is 4.74 Å². The summed E-state index contributed by atoms with van der Waals surface area (Å²) in [5.74, 6) is 1.89. The first kappa shape index (κ1) is 18.9. The molecule has 1 aromatic heterocycles. The van der Waals surface area contributed by atoms with Gasteiger partial charge in [0.15, 0.2) is 0 Å². The summed E-state index contributed by atoms with van der Waals surface area (Å²) in [5, 5.41) is 0. The zero-order valence-corrected chi connectivity index (χ0v) is 16.7. The smallest absolute Gasteiger partial charge is 0.227 e. The van der Waals surface area contributed by atoms with Gasteiger partial charge >= 0.3 is 0 Å². The third-order valence-electron chi connectivity index (χ3n) is 5.89. The van der Waals surface area contributed by atoms with Crippen LogP contribution in [0.25, 0.3) is 0 Å². The Kier molecular flexibility index (Phi) is 5.57. The largest absolute Gasteiger partial charge is 0.497 e. The Balaban J connectivity index is 1.42. The molecule has 6 heteroatoms. The highest BCUT2D eigenvalue weighted by Gasteiger charge is 2.26. The minimum atomic E-state index is 0.145. The molecule has 1 saturated heterocycles. The fourth-order valence-corrected chi connectivity index (χ4v) is 4.14. The van der Waals surface area contributed by atoms with Crippen LogP contribution in [-0.2, 0) is 24.2 Å². The van der Waals surface area contributed by atoms with Crippen LogP contribution in [0.3, 0.4) is 0 Å². The first-order chi connectivity index (χ1) is 13.6. The van der Waals surface area contributed by atoms with Gasteiger partial charge < -0.3 is 9.64 Å². The molecule has 2 aromatic rings. The first-order valence-corrected chi connectivity index (χ1v) is 10.1. The van der Waals surface area contributed by atoms with Crippen LogP contribution in [0.5, 0.6) is 5.75 Å². The van der Waals surface area contributed by atoms with Crippen molar-refractivity contribution in [3.8, 4) is 5.75 Å². The topological polar surface area (TPSA) is 58.6 Å². The van der Waals surface area contributed by atoms with Crippen molar-refractivity contribution < 1.29 is 9.53 Å². The Morgan fingerprint density at radius 3 is 2.79 bits per heavy atom. The van der Waals surface area contributed by atoms with Crippen molar-refractivity contribution in [1.29, 1.82) is 0 Å². The molecule has 148 valence electrons. The second kappa shape index (κ2) is 8.27. The van der Waals surface area contributed by atoms with Crippen molar-refractivity contribution in [3.05, 3.63) is 53.1 Å². The predicted octanol–water partition coefficient (Wildman–Crippen LogP) is 2.77. The number of ether oxygens (including phenoxy) is 1. The van der Waals surface area contributed by atoms with E-state index in [-0.39, 0.29) is 5.91 Å². The molecule has 6 nitrogen and oxygen atoms in total. The van der Waals surface area contributed by atoms with Crippen molar-refractivity contribution in [3.63, 3.8) is 0 Å². The summed E-state index contributed by atoms with van der Waals surface area (Å²) in [6.45, 7) is 2.43. The molecule has 1 fully saturated rings. The maximum Gasteiger partial charge on any atom is 0.227 e. The average Bonchev–Trinajstić information content (AvgIpc) is 2.74. The fourth-order valence-electron chi connectivity index (χ4n) is 4.14. The summed E-state index contributed by atoms with van der Waals surface area (Å²) in [5.41, 5.74) is 3.19. The normalized spacial score (nSPS) is 19.9. The summed E-state index contributed by atoms with van der Waals surface area (Å²) in [6.07, 6.45) is 6.77. The number of aromatic nitrogens is 2. The maximum absolute atomic E-state index is 12.7. The predicted molar refractivity (Wildman–Crippen MR) is 107 cm³/mol. The lowest BCUT2D eigenvalue weighted by Crippen LogP contribution is -2.38. The quantitative estimate of drug-likeness (QED) is 0.816. The van der Waals surface area contributed by atoms with E-state index >= 15 is 0 Å². The number of nitrogens with zero attached hydrogens (tertiary/aromatic N) is 4. The number of rotatable bonds is 4. The number of benzene rings is 1. The Morgan fingerprint density at radius 1 is 1.21 bits per heavy atom. The standard InChI is InChI=1S/C22H28N4O2/c1-25-11-4-3-5-20(25)22-23-14-17-15-26(12-10-19(17)24-22)21(27)13-16-6-8-18(28-2)9-7-16/h6-9,14,20H,3-5,10-13,15H2,1-2H3/t20-/m0/s1. The lowest BCUT2D eigenvalue weighted by Gasteiger charge is -2.33. The number of amides is 1. The molecule has 3 heterocycles. The second-order valence-electron chi connectivity index (χ2n) is 7.78. The molecule has 1 aromatic carbocycles. The molecule has 0 unspecified atom stereocenters. The molecule has 0 radical (unpaired) electrons. The third-order valence-corrected chi connectivity index (χ3v) is 5.89. The van der Waals surface area contributed by atoms with E-state index in [4.69, 9.17) is 9.72 Å². The zero-order chi connectivity index (χ0) is 19.5. The molecule has 1 amide bonds. The van der Waals surface area contributed by atoms with Gasteiger partial charge in [-0.2, -0.15) is 0 Å². The summed E-state index contributed by atoms with van der Waals surface area (Å²) in [6, 6.07) is 8.01. The molecule has 28 heavy (non-hydrogen) atoms. The van der Waals surface area contributed by atoms with Gasteiger partial charge in [0.1, 0.15) is 11.6 Å². The van der Waals surface area contributed by atoms with Gasteiger partial charge in [-0.15, -0.1) is 0 Å². The SMILES string of the molecule is COc1ccc(CC(=O)N2CCc3nc([C@@H]4CCCCN4C)ncc3C2)cc1. The molecule has 0 bridgehead atoms. The van der Waals surface area contributed by atoms with Gasteiger partial charge in [-0.05, 0) is 44.1 Å². The number of carbonyl (C=O) groups excluding carboxylic acids is 1. The van der Waals surface area contributed by atoms with E-state index in [1.54, 1.807) is 7.11 Å². The lowest BCUT2D eigenvalue weighted by atomic mass is 10.0. The molecule has 2 aliphatic heterocycles. The van der Waals surface area contributed by atoms with Crippen molar-refractivity contribution in [1.82, 2.24) is 19.8 Å². The molecule has 0 aliphatic carbocycles. The highest BCUT2D eigenvalue weighted by atomic mass is 16.5. The fraction of sp³-hybridized carbons (Fsp3) is 0.500. The van der Waals surface area contributed by atoms with Crippen molar-refractivity contribution in [2.24, 2.45) is 0 Å². The summed E-state index contributed by atoms with van der Waals surface area (Å²) < 4.78 is 5.18. The molecular weight excluding hydrogens is 352 g/mol. The monoisotopic (exact) mass is 380 g/mol.